The molecule has 0 radical (unpaired) electrons. The standard InChI is InChI=1S/C21H23F3O3/c1-2-3-5-10-19(21(22,23)24)27-20(25)17-11-13-18(14-12-17)26-15-16-8-6-4-7-9-16/h4,6-9,11-14,19H,2-3,5,10,15H2,1H3/t19-/m1/s1. The first-order valence-electron chi connectivity index (χ1n) is 8.94. The Bertz CT molecular complexity index is 697. The third-order valence-electron chi connectivity index (χ3n) is 4.02. The molecule has 0 aliphatic rings. The van der Waals surface area contributed by atoms with Crippen molar-refractivity contribution in [2.45, 2.75) is 51.5 Å². The van der Waals surface area contributed by atoms with E-state index in [0.717, 1.165) is 12.0 Å². The number of hydrogen-bond acceptors (Lipinski definition) is 3. The van der Waals surface area contributed by atoms with E-state index >= 15 is 0 Å². The normalized spacial score (nSPS) is 12.4. The molecule has 1 atom stereocenters. The van der Waals surface area contributed by atoms with E-state index in [9.17, 15) is 18.0 Å². The molecule has 0 amide bonds. The number of alkyl halides is 3. The molecular weight excluding hydrogens is 357 g/mol. The Hall–Kier alpha value is -2.50. The number of benzene rings is 2. The van der Waals surface area contributed by atoms with E-state index in [2.05, 4.69) is 0 Å². The molecule has 146 valence electrons. The van der Waals surface area contributed by atoms with Crippen LogP contribution in [0.15, 0.2) is 54.6 Å². The van der Waals surface area contributed by atoms with Crippen LogP contribution >= 0.6 is 0 Å². The lowest BCUT2D eigenvalue weighted by Crippen LogP contribution is -2.33. The number of unbranched alkanes of at least 4 members (excludes halogenated alkanes) is 2. The van der Waals surface area contributed by atoms with Gasteiger partial charge in [-0.2, -0.15) is 13.2 Å². The smallest absolute Gasteiger partial charge is 0.425 e. The van der Waals surface area contributed by atoms with Gasteiger partial charge in [0, 0.05) is 0 Å². The molecule has 0 heterocycles. The fourth-order valence-corrected chi connectivity index (χ4v) is 2.49. The molecule has 0 saturated carbocycles. The predicted molar refractivity (Wildman–Crippen MR) is 96.6 cm³/mol. The topological polar surface area (TPSA) is 35.5 Å². The Balaban J connectivity index is 1.93. The molecule has 2 aromatic carbocycles. The van der Waals surface area contributed by atoms with Gasteiger partial charge in [-0.25, -0.2) is 4.79 Å². The number of ether oxygens (including phenoxy) is 2. The van der Waals surface area contributed by atoms with Crippen molar-refractivity contribution in [2.75, 3.05) is 0 Å². The number of halogens is 3. The fourth-order valence-electron chi connectivity index (χ4n) is 2.49. The highest BCUT2D eigenvalue weighted by molar-refractivity contribution is 5.89. The van der Waals surface area contributed by atoms with Crippen LogP contribution in [0.5, 0.6) is 5.75 Å². The maximum Gasteiger partial charge on any atom is 0.425 e. The first kappa shape index (κ1) is 20.8. The van der Waals surface area contributed by atoms with Crippen molar-refractivity contribution in [3.05, 3.63) is 65.7 Å². The zero-order chi connectivity index (χ0) is 19.7. The Morgan fingerprint density at radius 2 is 1.67 bits per heavy atom. The maximum absolute atomic E-state index is 13.1. The molecule has 0 unspecified atom stereocenters. The SMILES string of the molecule is CCCCC[C@@H](OC(=O)c1ccc(OCc2ccccc2)cc1)C(F)(F)F. The van der Waals surface area contributed by atoms with E-state index in [4.69, 9.17) is 9.47 Å². The molecule has 0 aromatic heterocycles. The second-order valence-corrected chi connectivity index (χ2v) is 6.23. The second kappa shape index (κ2) is 10.00. The third kappa shape index (κ3) is 6.96. The summed E-state index contributed by atoms with van der Waals surface area (Å²) in [7, 11) is 0. The number of rotatable bonds is 9. The van der Waals surface area contributed by atoms with Gasteiger partial charge < -0.3 is 9.47 Å². The van der Waals surface area contributed by atoms with Gasteiger partial charge in [0.2, 0.25) is 0 Å². The van der Waals surface area contributed by atoms with E-state index in [-0.39, 0.29) is 12.0 Å². The minimum absolute atomic E-state index is 0.0619. The number of esters is 1. The van der Waals surface area contributed by atoms with Crippen LogP contribution < -0.4 is 4.74 Å². The first-order chi connectivity index (χ1) is 12.9. The summed E-state index contributed by atoms with van der Waals surface area (Å²) >= 11 is 0. The zero-order valence-corrected chi connectivity index (χ0v) is 15.2. The third-order valence-corrected chi connectivity index (χ3v) is 4.02. The van der Waals surface area contributed by atoms with Crippen LogP contribution in [0.25, 0.3) is 0 Å². The van der Waals surface area contributed by atoms with Crippen LogP contribution in [-0.4, -0.2) is 18.2 Å². The average molecular weight is 380 g/mol. The summed E-state index contributed by atoms with van der Waals surface area (Å²) in [5.74, 6) is -0.464. The Morgan fingerprint density at radius 1 is 1.00 bits per heavy atom. The molecule has 0 saturated heterocycles. The molecule has 0 spiro atoms. The minimum Gasteiger partial charge on any atom is -0.489 e. The highest BCUT2D eigenvalue weighted by Crippen LogP contribution is 2.28. The van der Waals surface area contributed by atoms with Gasteiger partial charge in [0.25, 0.3) is 0 Å². The van der Waals surface area contributed by atoms with Gasteiger partial charge in [0.15, 0.2) is 6.10 Å². The van der Waals surface area contributed by atoms with Crippen molar-refractivity contribution in [2.24, 2.45) is 0 Å². The Labute approximate surface area is 157 Å². The molecule has 0 fully saturated rings. The summed E-state index contributed by atoms with van der Waals surface area (Å²) in [6, 6.07) is 15.4. The molecule has 2 aromatic rings. The largest absolute Gasteiger partial charge is 0.489 e. The Kier molecular flexibility index (Phi) is 7.70. The van der Waals surface area contributed by atoms with Crippen LogP contribution in [0.2, 0.25) is 0 Å². The number of carbonyl (C=O) groups excluding carboxylic acids is 1. The molecule has 0 N–H and O–H groups in total. The van der Waals surface area contributed by atoms with Crippen LogP contribution in [0.1, 0.15) is 48.5 Å². The fraction of sp³-hybridized carbons (Fsp3) is 0.381. The monoisotopic (exact) mass is 380 g/mol. The molecule has 2 rings (SSSR count). The molecule has 0 aliphatic carbocycles. The van der Waals surface area contributed by atoms with Crippen molar-refractivity contribution < 1.29 is 27.4 Å². The van der Waals surface area contributed by atoms with E-state index in [0.29, 0.717) is 25.2 Å². The number of carbonyl (C=O) groups is 1. The molecule has 27 heavy (non-hydrogen) atoms. The molecular formula is C21H23F3O3. The lowest BCUT2D eigenvalue weighted by Gasteiger charge is -2.20. The average Bonchev–Trinajstić information content (AvgIpc) is 2.66. The Morgan fingerprint density at radius 3 is 2.26 bits per heavy atom. The van der Waals surface area contributed by atoms with E-state index in [1.54, 1.807) is 12.1 Å². The van der Waals surface area contributed by atoms with Crippen LogP contribution in [0, 0.1) is 0 Å². The molecule has 0 aliphatic heterocycles. The first-order valence-corrected chi connectivity index (χ1v) is 8.94. The molecule has 3 nitrogen and oxygen atoms in total. The van der Waals surface area contributed by atoms with Crippen LogP contribution in [0.3, 0.4) is 0 Å². The number of hydrogen-bond donors (Lipinski definition) is 0. The van der Waals surface area contributed by atoms with E-state index < -0.39 is 18.2 Å². The van der Waals surface area contributed by atoms with Gasteiger partial charge in [0.1, 0.15) is 12.4 Å². The van der Waals surface area contributed by atoms with E-state index in [1.165, 1.54) is 12.1 Å². The maximum atomic E-state index is 13.1. The lowest BCUT2D eigenvalue weighted by molar-refractivity contribution is -0.206. The minimum atomic E-state index is -4.57. The summed E-state index contributed by atoms with van der Waals surface area (Å²) in [5.41, 5.74) is 1.05. The lowest BCUT2D eigenvalue weighted by atomic mass is 10.1. The second-order valence-electron chi connectivity index (χ2n) is 6.23. The van der Waals surface area contributed by atoms with Crippen molar-refractivity contribution in [1.82, 2.24) is 0 Å². The quantitative estimate of drug-likeness (QED) is 0.399. The summed E-state index contributed by atoms with van der Waals surface area (Å²) < 4.78 is 49.5. The molecule has 6 heteroatoms. The molecule has 0 bridgehead atoms. The zero-order valence-electron chi connectivity index (χ0n) is 15.2. The van der Waals surface area contributed by atoms with Gasteiger partial charge in [-0.05, 0) is 42.7 Å². The van der Waals surface area contributed by atoms with Crippen molar-refractivity contribution >= 4 is 5.97 Å². The highest BCUT2D eigenvalue weighted by Gasteiger charge is 2.42. The predicted octanol–water partition coefficient (Wildman–Crippen LogP) is 5.93. The van der Waals surface area contributed by atoms with Gasteiger partial charge in [-0.1, -0.05) is 50.1 Å². The van der Waals surface area contributed by atoms with Crippen LogP contribution in [0.4, 0.5) is 13.2 Å². The highest BCUT2D eigenvalue weighted by atomic mass is 19.4. The van der Waals surface area contributed by atoms with Gasteiger partial charge in [0.05, 0.1) is 5.56 Å². The van der Waals surface area contributed by atoms with Gasteiger partial charge >= 0.3 is 12.1 Å². The van der Waals surface area contributed by atoms with E-state index in [1.807, 2.05) is 37.3 Å². The van der Waals surface area contributed by atoms with Crippen LogP contribution in [-0.2, 0) is 11.3 Å². The van der Waals surface area contributed by atoms with Gasteiger partial charge in [-0.3, -0.25) is 0 Å². The summed E-state index contributed by atoms with van der Waals surface area (Å²) in [6.45, 7) is 2.26. The summed E-state index contributed by atoms with van der Waals surface area (Å²) in [6.07, 6.45) is -5.05. The summed E-state index contributed by atoms with van der Waals surface area (Å²) in [5, 5.41) is 0. The van der Waals surface area contributed by atoms with Gasteiger partial charge in [-0.15, -0.1) is 0 Å². The van der Waals surface area contributed by atoms with Crippen molar-refractivity contribution in [1.29, 1.82) is 0 Å². The van der Waals surface area contributed by atoms with Crippen molar-refractivity contribution in [3.8, 4) is 5.75 Å². The van der Waals surface area contributed by atoms with Crippen molar-refractivity contribution in [3.63, 3.8) is 0 Å². The summed E-state index contributed by atoms with van der Waals surface area (Å²) in [4.78, 5) is 12.1.